The zero-order valence-corrected chi connectivity index (χ0v) is 8.23. The zero-order valence-electron chi connectivity index (χ0n) is 7.41. The van der Waals surface area contributed by atoms with E-state index in [2.05, 4.69) is 14.7 Å². The molecule has 1 N–H and O–H groups in total. The summed E-state index contributed by atoms with van der Waals surface area (Å²) < 4.78 is 3.95. The van der Waals surface area contributed by atoms with Gasteiger partial charge in [0.05, 0.1) is 0 Å². The van der Waals surface area contributed by atoms with Gasteiger partial charge < -0.3 is 5.32 Å². The molecule has 0 unspecified atom stereocenters. The summed E-state index contributed by atoms with van der Waals surface area (Å²) in [5.41, 5.74) is 0. The van der Waals surface area contributed by atoms with Crippen LogP contribution in [-0.2, 0) is 0 Å². The molecule has 1 heterocycles. The summed E-state index contributed by atoms with van der Waals surface area (Å²) in [4.78, 5) is 15.4. The Labute approximate surface area is 80.5 Å². The van der Waals surface area contributed by atoms with Crippen LogP contribution in [0.4, 0.5) is 0 Å². The van der Waals surface area contributed by atoms with E-state index in [1.807, 2.05) is 0 Å². The molecular formula is C8H11N3OS. The standard InChI is InChI=1S/C8H11N3OS/c1-5-10-8(13-11-5)7(12)9-4-6-2-3-6/h6H,2-4H2,1H3,(H,9,12). The molecule has 2 rings (SSSR count). The highest BCUT2D eigenvalue weighted by molar-refractivity contribution is 7.07. The number of amides is 1. The van der Waals surface area contributed by atoms with E-state index in [1.54, 1.807) is 6.92 Å². The number of aryl methyl sites for hydroxylation is 1. The Morgan fingerprint density at radius 1 is 1.69 bits per heavy atom. The fourth-order valence-electron chi connectivity index (χ4n) is 1.02. The highest BCUT2D eigenvalue weighted by Gasteiger charge is 2.22. The van der Waals surface area contributed by atoms with Gasteiger partial charge in [0.2, 0.25) is 5.01 Å². The van der Waals surface area contributed by atoms with Crippen LogP contribution in [0, 0.1) is 12.8 Å². The molecule has 0 radical (unpaired) electrons. The van der Waals surface area contributed by atoms with Gasteiger partial charge in [-0.25, -0.2) is 4.98 Å². The van der Waals surface area contributed by atoms with Crippen molar-refractivity contribution in [1.29, 1.82) is 0 Å². The maximum Gasteiger partial charge on any atom is 0.281 e. The third-order valence-electron chi connectivity index (χ3n) is 1.97. The fourth-order valence-corrected chi connectivity index (χ4v) is 1.61. The summed E-state index contributed by atoms with van der Waals surface area (Å²) in [7, 11) is 0. The van der Waals surface area contributed by atoms with Crippen LogP contribution in [0.2, 0.25) is 0 Å². The average Bonchev–Trinajstić information content (AvgIpc) is 2.84. The van der Waals surface area contributed by atoms with Crippen molar-refractivity contribution in [2.45, 2.75) is 19.8 Å². The van der Waals surface area contributed by atoms with Crippen LogP contribution in [0.5, 0.6) is 0 Å². The largest absolute Gasteiger partial charge is 0.350 e. The number of aromatic nitrogens is 2. The molecule has 0 aromatic carbocycles. The van der Waals surface area contributed by atoms with E-state index in [4.69, 9.17) is 0 Å². The van der Waals surface area contributed by atoms with Gasteiger partial charge >= 0.3 is 0 Å². The lowest BCUT2D eigenvalue weighted by Gasteiger charge is -1.98. The van der Waals surface area contributed by atoms with Crippen LogP contribution in [0.1, 0.15) is 28.5 Å². The van der Waals surface area contributed by atoms with E-state index < -0.39 is 0 Å². The number of carbonyl (C=O) groups excluding carboxylic acids is 1. The van der Waals surface area contributed by atoms with Gasteiger partial charge in [0, 0.05) is 6.54 Å². The monoisotopic (exact) mass is 197 g/mol. The van der Waals surface area contributed by atoms with E-state index in [-0.39, 0.29) is 5.91 Å². The number of rotatable bonds is 3. The zero-order chi connectivity index (χ0) is 9.26. The molecular weight excluding hydrogens is 186 g/mol. The number of hydrogen-bond acceptors (Lipinski definition) is 4. The maximum absolute atomic E-state index is 11.4. The van der Waals surface area contributed by atoms with Crippen molar-refractivity contribution in [2.24, 2.45) is 5.92 Å². The molecule has 0 spiro atoms. The fraction of sp³-hybridized carbons (Fsp3) is 0.625. The van der Waals surface area contributed by atoms with E-state index in [0.29, 0.717) is 16.7 Å². The lowest BCUT2D eigenvalue weighted by atomic mass is 10.4. The lowest BCUT2D eigenvalue weighted by Crippen LogP contribution is -2.25. The van der Waals surface area contributed by atoms with E-state index in [0.717, 1.165) is 18.1 Å². The second kappa shape index (κ2) is 3.41. The summed E-state index contributed by atoms with van der Waals surface area (Å²) in [6.45, 7) is 2.58. The minimum Gasteiger partial charge on any atom is -0.350 e. The van der Waals surface area contributed by atoms with Gasteiger partial charge in [0.1, 0.15) is 5.82 Å². The normalized spacial score (nSPS) is 15.8. The molecule has 1 aliphatic carbocycles. The van der Waals surface area contributed by atoms with Gasteiger partial charge in [-0.1, -0.05) is 0 Å². The molecule has 0 aliphatic heterocycles. The molecule has 5 heteroatoms. The first-order valence-corrected chi connectivity index (χ1v) is 5.11. The SMILES string of the molecule is Cc1nsc(C(=O)NCC2CC2)n1. The first-order chi connectivity index (χ1) is 6.25. The summed E-state index contributed by atoms with van der Waals surface area (Å²) in [5.74, 6) is 1.29. The Hall–Kier alpha value is -0.970. The van der Waals surface area contributed by atoms with Gasteiger partial charge in [-0.05, 0) is 37.2 Å². The molecule has 0 saturated heterocycles. The Balaban J connectivity index is 1.88. The molecule has 0 atom stereocenters. The van der Waals surface area contributed by atoms with Crippen molar-refractivity contribution < 1.29 is 4.79 Å². The Morgan fingerprint density at radius 3 is 3.00 bits per heavy atom. The topological polar surface area (TPSA) is 54.9 Å². The van der Waals surface area contributed by atoms with Gasteiger partial charge in [-0.2, -0.15) is 4.37 Å². The maximum atomic E-state index is 11.4. The molecule has 1 fully saturated rings. The van der Waals surface area contributed by atoms with Crippen LogP contribution < -0.4 is 5.32 Å². The quantitative estimate of drug-likeness (QED) is 0.786. The number of nitrogens with zero attached hydrogens (tertiary/aromatic N) is 2. The van der Waals surface area contributed by atoms with Crippen LogP contribution in [0.15, 0.2) is 0 Å². The minimum absolute atomic E-state index is 0.0856. The van der Waals surface area contributed by atoms with Crippen LogP contribution in [-0.4, -0.2) is 21.8 Å². The molecule has 0 bridgehead atoms. The summed E-state index contributed by atoms with van der Waals surface area (Å²) in [6, 6.07) is 0. The number of carbonyl (C=O) groups is 1. The molecule has 70 valence electrons. The summed E-state index contributed by atoms with van der Waals surface area (Å²) in [5, 5.41) is 3.31. The van der Waals surface area contributed by atoms with Gasteiger partial charge in [0.25, 0.3) is 5.91 Å². The smallest absolute Gasteiger partial charge is 0.281 e. The molecule has 1 aromatic rings. The molecule has 13 heavy (non-hydrogen) atoms. The molecule has 1 saturated carbocycles. The number of hydrogen-bond donors (Lipinski definition) is 1. The predicted molar refractivity (Wildman–Crippen MR) is 49.7 cm³/mol. The van der Waals surface area contributed by atoms with Crippen molar-refractivity contribution in [2.75, 3.05) is 6.54 Å². The van der Waals surface area contributed by atoms with Gasteiger partial charge in [-0.15, -0.1) is 0 Å². The first kappa shape index (κ1) is 8.62. The predicted octanol–water partition coefficient (Wildman–Crippen LogP) is 0.986. The minimum atomic E-state index is -0.0856. The Bertz CT molecular complexity index is 319. The van der Waals surface area contributed by atoms with Crippen LogP contribution >= 0.6 is 11.5 Å². The lowest BCUT2D eigenvalue weighted by molar-refractivity contribution is 0.0951. The van der Waals surface area contributed by atoms with Gasteiger partial charge in [0.15, 0.2) is 0 Å². The average molecular weight is 197 g/mol. The molecule has 4 nitrogen and oxygen atoms in total. The van der Waals surface area contributed by atoms with Gasteiger partial charge in [-0.3, -0.25) is 4.79 Å². The Kier molecular flexibility index (Phi) is 2.26. The highest BCUT2D eigenvalue weighted by atomic mass is 32.1. The third kappa shape index (κ3) is 2.24. The highest BCUT2D eigenvalue weighted by Crippen LogP contribution is 2.27. The van der Waals surface area contributed by atoms with Crippen molar-refractivity contribution in [3.63, 3.8) is 0 Å². The van der Waals surface area contributed by atoms with Crippen molar-refractivity contribution in [1.82, 2.24) is 14.7 Å². The summed E-state index contributed by atoms with van der Waals surface area (Å²) in [6.07, 6.45) is 2.49. The van der Waals surface area contributed by atoms with E-state index >= 15 is 0 Å². The summed E-state index contributed by atoms with van der Waals surface area (Å²) >= 11 is 1.16. The van der Waals surface area contributed by atoms with Crippen molar-refractivity contribution >= 4 is 17.4 Å². The van der Waals surface area contributed by atoms with E-state index in [1.165, 1.54) is 12.8 Å². The molecule has 1 amide bonds. The second-order valence-electron chi connectivity index (χ2n) is 3.30. The van der Waals surface area contributed by atoms with Crippen LogP contribution in [0.25, 0.3) is 0 Å². The molecule has 1 aromatic heterocycles. The molecule has 1 aliphatic rings. The first-order valence-electron chi connectivity index (χ1n) is 4.34. The van der Waals surface area contributed by atoms with Crippen molar-refractivity contribution in [3.8, 4) is 0 Å². The number of nitrogens with one attached hydrogen (secondary N) is 1. The van der Waals surface area contributed by atoms with E-state index in [9.17, 15) is 4.79 Å². The second-order valence-corrected chi connectivity index (χ2v) is 4.05. The third-order valence-corrected chi connectivity index (χ3v) is 2.78. The van der Waals surface area contributed by atoms with Crippen LogP contribution in [0.3, 0.4) is 0 Å². The Morgan fingerprint density at radius 2 is 2.46 bits per heavy atom. The van der Waals surface area contributed by atoms with Crippen molar-refractivity contribution in [3.05, 3.63) is 10.8 Å².